The lowest BCUT2D eigenvalue weighted by atomic mass is 10.1. The molecular weight excluding hydrogens is 284 g/mol. The quantitative estimate of drug-likeness (QED) is 0.774. The summed E-state index contributed by atoms with van der Waals surface area (Å²) in [7, 11) is 0. The summed E-state index contributed by atoms with van der Waals surface area (Å²) in [5, 5.41) is 4.18. The fourth-order valence-electron chi connectivity index (χ4n) is 2.06. The molecule has 0 saturated carbocycles. The zero-order chi connectivity index (χ0) is 15.4. The van der Waals surface area contributed by atoms with Gasteiger partial charge in [-0.05, 0) is 50.6 Å². The Morgan fingerprint density at radius 3 is 2.33 bits per heavy atom. The van der Waals surface area contributed by atoms with Crippen LogP contribution in [0.15, 0.2) is 42.5 Å². The topological polar surface area (TPSA) is 47.3 Å². The number of benzene rings is 2. The molecule has 1 atom stereocenters. The van der Waals surface area contributed by atoms with E-state index in [1.807, 2.05) is 56.3 Å². The SMILES string of the molecule is CC(C)Oc1cc(NC(C)c2ccc(Cl)cc2)ccc1N. The molecule has 0 amide bonds. The van der Waals surface area contributed by atoms with Crippen LogP contribution in [-0.2, 0) is 0 Å². The average Bonchev–Trinajstić information content (AvgIpc) is 2.42. The van der Waals surface area contributed by atoms with Gasteiger partial charge in [-0.25, -0.2) is 0 Å². The lowest BCUT2D eigenvalue weighted by molar-refractivity contribution is 0.244. The van der Waals surface area contributed by atoms with Crippen LogP contribution in [0.1, 0.15) is 32.4 Å². The molecule has 0 fully saturated rings. The lowest BCUT2D eigenvalue weighted by Gasteiger charge is -2.18. The highest BCUT2D eigenvalue weighted by Crippen LogP contribution is 2.29. The molecule has 0 aromatic heterocycles. The Morgan fingerprint density at radius 1 is 1.05 bits per heavy atom. The first-order valence-electron chi connectivity index (χ1n) is 7.04. The summed E-state index contributed by atoms with van der Waals surface area (Å²) >= 11 is 5.91. The maximum Gasteiger partial charge on any atom is 0.144 e. The summed E-state index contributed by atoms with van der Waals surface area (Å²) < 4.78 is 5.71. The van der Waals surface area contributed by atoms with Crippen molar-refractivity contribution in [3.63, 3.8) is 0 Å². The third kappa shape index (κ3) is 4.30. The summed E-state index contributed by atoms with van der Waals surface area (Å²) in [5.41, 5.74) is 8.72. The number of nitrogens with one attached hydrogen (secondary N) is 1. The van der Waals surface area contributed by atoms with Crippen LogP contribution in [0, 0.1) is 0 Å². The highest BCUT2D eigenvalue weighted by molar-refractivity contribution is 6.30. The number of nitrogen functional groups attached to an aromatic ring is 1. The lowest BCUT2D eigenvalue weighted by Crippen LogP contribution is -2.09. The van der Waals surface area contributed by atoms with Crippen LogP contribution in [0.4, 0.5) is 11.4 Å². The van der Waals surface area contributed by atoms with Gasteiger partial charge in [0, 0.05) is 22.8 Å². The molecule has 4 heteroatoms. The Bertz CT molecular complexity index is 596. The van der Waals surface area contributed by atoms with Crippen molar-refractivity contribution in [1.82, 2.24) is 0 Å². The number of nitrogens with two attached hydrogens (primary N) is 1. The van der Waals surface area contributed by atoms with Gasteiger partial charge < -0.3 is 15.8 Å². The highest BCUT2D eigenvalue weighted by atomic mass is 35.5. The van der Waals surface area contributed by atoms with Gasteiger partial charge in [-0.3, -0.25) is 0 Å². The Labute approximate surface area is 131 Å². The van der Waals surface area contributed by atoms with Crippen LogP contribution in [0.3, 0.4) is 0 Å². The number of rotatable bonds is 5. The van der Waals surface area contributed by atoms with Gasteiger partial charge in [0.25, 0.3) is 0 Å². The highest BCUT2D eigenvalue weighted by Gasteiger charge is 2.08. The minimum absolute atomic E-state index is 0.0937. The zero-order valence-electron chi connectivity index (χ0n) is 12.6. The van der Waals surface area contributed by atoms with Gasteiger partial charge in [0.1, 0.15) is 5.75 Å². The van der Waals surface area contributed by atoms with Gasteiger partial charge in [-0.15, -0.1) is 0 Å². The first-order valence-corrected chi connectivity index (χ1v) is 7.41. The van der Waals surface area contributed by atoms with Crippen LogP contribution in [0.2, 0.25) is 5.02 Å². The molecule has 0 aliphatic heterocycles. The molecule has 21 heavy (non-hydrogen) atoms. The standard InChI is InChI=1S/C17H21ClN2O/c1-11(2)21-17-10-15(8-9-16(17)19)20-12(3)13-4-6-14(18)7-5-13/h4-12,20H,19H2,1-3H3. The minimum Gasteiger partial charge on any atom is -0.489 e. The molecule has 3 N–H and O–H groups in total. The van der Waals surface area contributed by atoms with E-state index in [4.69, 9.17) is 22.1 Å². The second kappa shape index (κ2) is 6.72. The maximum absolute atomic E-state index is 5.93. The van der Waals surface area contributed by atoms with Crippen LogP contribution < -0.4 is 15.8 Å². The fourth-order valence-corrected chi connectivity index (χ4v) is 2.19. The molecule has 2 aromatic carbocycles. The molecule has 0 saturated heterocycles. The smallest absolute Gasteiger partial charge is 0.144 e. The van der Waals surface area contributed by atoms with E-state index >= 15 is 0 Å². The molecular formula is C17H21ClN2O. The van der Waals surface area contributed by atoms with Crippen LogP contribution >= 0.6 is 11.6 Å². The van der Waals surface area contributed by atoms with Crippen LogP contribution in [-0.4, -0.2) is 6.10 Å². The molecule has 0 heterocycles. The first kappa shape index (κ1) is 15.5. The molecule has 2 rings (SSSR count). The molecule has 2 aromatic rings. The third-order valence-electron chi connectivity index (χ3n) is 3.13. The Balaban J connectivity index is 2.13. The maximum atomic E-state index is 5.93. The Hall–Kier alpha value is -1.87. The van der Waals surface area contributed by atoms with Gasteiger partial charge in [0.2, 0.25) is 0 Å². The number of ether oxygens (including phenoxy) is 1. The van der Waals surface area contributed by atoms with E-state index in [2.05, 4.69) is 12.2 Å². The van der Waals surface area contributed by atoms with E-state index in [9.17, 15) is 0 Å². The second-order valence-electron chi connectivity index (χ2n) is 5.34. The molecule has 0 radical (unpaired) electrons. The van der Waals surface area contributed by atoms with E-state index in [-0.39, 0.29) is 12.1 Å². The summed E-state index contributed by atoms with van der Waals surface area (Å²) in [6, 6.07) is 13.7. The molecule has 0 spiro atoms. The normalized spacial score (nSPS) is 12.2. The van der Waals surface area contributed by atoms with E-state index < -0.39 is 0 Å². The number of halogens is 1. The van der Waals surface area contributed by atoms with Gasteiger partial charge in [0.05, 0.1) is 11.8 Å². The third-order valence-corrected chi connectivity index (χ3v) is 3.38. The largest absolute Gasteiger partial charge is 0.489 e. The van der Waals surface area contributed by atoms with Crippen molar-refractivity contribution in [2.75, 3.05) is 11.1 Å². The predicted molar refractivity (Wildman–Crippen MR) is 90.1 cm³/mol. The molecule has 1 unspecified atom stereocenters. The average molecular weight is 305 g/mol. The number of hydrogen-bond donors (Lipinski definition) is 2. The molecule has 0 bridgehead atoms. The van der Waals surface area contributed by atoms with Crippen molar-refractivity contribution in [1.29, 1.82) is 0 Å². The van der Waals surface area contributed by atoms with E-state index in [1.165, 1.54) is 5.56 Å². The monoisotopic (exact) mass is 304 g/mol. The summed E-state index contributed by atoms with van der Waals surface area (Å²) in [6.45, 7) is 6.06. The minimum atomic E-state index is 0.0937. The summed E-state index contributed by atoms with van der Waals surface area (Å²) in [5.74, 6) is 0.707. The van der Waals surface area contributed by atoms with Crippen molar-refractivity contribution in [3.8, 4) is 5.75 Å². The molecule has 112 valence electrons. The number of anilines is 2. The number of hydrogen-bond acceptors (Lipinski definition) is 3. The van der Waals surface area contributed by atoms with Crippen molar-refractivity contribution in [2.24, 2.45) is 0 Å². The first-order chi connectivity index (χ1) is 9.95. The van der Waals surface area contributed by atoms with Gasteiger partial charge >= 0.3 is 0 Å². The van der Waals surface area contributed by atoms with Crippen LogP contribution in [0.5, 0.6) is 5.75 Å². The molecule has 0 aliphatic rings. The van der Waals surface area contributed by atoms with Crippen molar-refractivity contribution in [3.05, 3.63) is 53.1 Å². The molecule has 0 aliphatic carbocycles. The van der Waals surface area contributed by atoms with Crippen molar-refractivity contribution in [2.45, 2.75) is 32.9 Å². The Kier molecular flexibility index (Phi) is 4.97. The van der Waals surface area contributed by atoms with Crippen molar-refractivity contribution < 1.29 is 4.74 Å². The Morgan fingerprint density at radius 2 is 1.71 bits per heavy atom. The van der Waals surface area contributed by atoms with Crippen molar-refractivity contribution >= 4 is 23.0 Å². The van der Waals surface area contributed by atoms with E-state index in [0.717, 1.165) is 10.7 Å². The van der Waals surface area contributed by atoms with Gasteiger partial charge in [0.15, 0.2) is 0 Å². The van der Waals surface area contributed by atoms with E-state index in [1.54, 1.807) is 0 Å². The zero-order valence-corrected chi connectivity index (χ0v) is 13.3. The second-order valence-corrected chi connectivity index (χ2v) is 5.77. The summed E-state index contributed by atoms with van der Waals surface area (Å²) in [6.07, 6.45) is 0.0937. The summed E-state index contributed by atoms with van der Waals surface area (Å²) in [4.78, 5) is 0. The van der Waals surface area contributed by atoms with Gasteiger partial charge in [-0.2, -0.15) is 0 Å². The van der Waals surface area contributed by atoms with E-state index in [0.29, 0.717) is 11.4 Å². The molecule has 3 nitrogen and oxygen atoms in total. The van der Waals surface area contributed by atoms with Crippen LogP contribution in [0.25, 0.3) is 0 Å². The predicted octanol–water partition coefficient (Wildman–Crippen LogP) is 4.88. The fraction of sp³-hybridized carbons (Fsp3) is 0.294. The van der Waals surface area contributed by atoms with Gasteiger partial charge in [-0.1, -0.05) is 23.7 Å².